The number of aromatic nitrogens is 1. The molecule has 3 N–H and O–H groups in total. The highest BCUT2D eigenvalue weighted by Crippen LogP contribution is 2.40. The van der Waals surface area contributed by atoms with Crippen LogP contribution in [0.15, 0.2) is 36.5 Å². The summed E-state index contributed by atoms with van der Waals surface area (Å²) in [5.41, 5.74) is 5.82. The molecule has 1 aromatic heterocycles. The van der Waals surface area contributed by atoms with Gasteiger partial charge < -0.3 is 0 Å². The third-order valence-electron chi connectivity index (χ3n) is 5.20. The molecule has 1 aromatic carbocycles. The zero-order chi connectivity index (χ0) is 14.7. The highest BCUT2D eigenvalue weighted by molar-refractivity contribution is 5.81. The average molecular weight is 283 g/mol. The first-order chi connectivity index (χ1) is 10.2. The van der Waals surface area contributed by atoms with Gasteiger partial charge in [-0.1, -0.05) is 44.4 Å². The van der Waals surface area contributed by atoms with Gasteiger partial charge in [0.15, 0.2) is 0 Å². The molecule has 0 bridgehead atoms. The zero-order valence-electron chi connectivity index (χ0n) is 12.8. The second kappa shape index (κ2) is 6.12. The van der Waals surface area contributed by atoms with Gasteiger partial charge in [-0.15, -0.1) is 0 Å². The fourth-order valence-corrected chi connectivity index (χ4v) is 3.77. The van der Waals surface area contributed by atoms with E-state index in [4.69, 9.17) is 5.84 Å². The topological polar surface area (TPSA) is 50.9 Å². The van der Waals surface area contributed by atoms with Gasteiger partial charge in [-0.2, -0.15) is 0 Å². The van der Waals surface area contributed by atoms with E-state index in [1.54, 1.807) is 0 Å². The van der Waals surface area contributed by atoms with Gasteiger partial charge in [0, 0.05) is 17.6 Å². The molecule has 21 heavy (non-hydrogen) atoms. The number of hydrogen-bond acceptors (Lipinski definition) is 3. The molecule has 112 valence electrons. The quantitative estimate of drug-likeness (QED) is 0.666. The molecule has 1 aliphatic rings. The first kappa shape index (κ1) is 14.5. The van der Waals surface area contributed by atoms with E-state index in [9.17, 15) is 0 Å². The van der Waals surface area contributed by atoms with Crippen molar-refractivity contribution in [2.75, 3.05) is 0 Å². The minimum atomic E-state index is 0.303. The van der Waals surface area contributed by atoms with Crippen LogP contribution < -0.4 is 11.3 Å². The van der Waals surface area contributed by atoms with E-state index in [0.29, 0.717) is 11.5 Å². The number of pyridine rings is 1. The molecule has 0 amide bonds. The van der Waals surface area contributed by atoms with Crippen LogP contribution in [0.4, 0.5) is 0 Å². The normalized spacial score (nSPS) is 19.5. The zero-order valence-corrected chi connectivity index (χ0v) is 12.8. The third-order valence-corrected chi connectivity index (χ3v) is 5.20. The molecular weight excluding hydrogens is 258 g/mol. The van der Waals surface area contributed by atoms with E-state index in [1.807, 2.05) is 12.3 Å². The van der Waals surface area contributed by atoms with E-state index in [0.717, 1.165) is 11.9 Å². The highest BCUT2D eigenvalue weighted by atomic mass is 15.2. The van der Waals surface area contributed by atoms with E-state index in [-0.39, 0.29) is 0 Å². The number of nitrogens with two attached hydrogens (primary N) is 1. The van der Waals surface area contributed by atoms with Gasteiger partial charge in [-0.3, -0.25) is 16.3 Å². The second-order valence-corrected chi connectivity index (χ2v) is 6.63. The molecule has 1 fully saturated rings. The Balaban J connectivity index is 1.89. The van der Waals surface area contributed by atoms with Crippen molar-refractivity contribution in [1.29, 1.82) is 0 Å². The maximum absolute atomic E-state index is 5.92. The van der Waals surface area contributed by atoms with Crippen LogP contribution in [0.1, 0.15) is 44.6 Å². The van der Waals surface area contributed by atoms with Crippen molar-refractivity contribution in [3.63, 3.8) is 0 Å². The molecular formula is C18H25N3. The van der Waals surface area contributed by atoms with Gasteiger partial charge in [-0.05, 0) is 42.4 Å². The van der Waals surface area contributed by atoms with Crippen molar-refractivity contribution in [3.8, 4) is 0 Å². The summed E-state index contributed by atoms with van der Waals surface area (Å²) in [6, 6.07) is 10.8. The first-order valence-electron chi connectivity index (χ1n) is 8.02. The number of nitrogens with one attached hydrogen (secondary N) is 1. The molecule has 0 aliphatic heterocycles. The van der Waals surface area contributed by atoms with Crippen molar-refractivity contribution in [3.05, 3.63) is 42.1 Å². The molecule has 2 aromatic rings. The van der Waals surface area contributed by atoms with Crippen LogP contribution in [0.25, 0.3) is 10.9 Å². The lowest BCUT2D eigenvalue weighted by Gasteiger charge is -2.40. The van der Waals surface area contributed by atoms with Crippen LogP contribution in [-0.2, 0) is 6.42 Å². The van der Waals surface area contributed by atoms with E-state index in [1.165, 1.54) is 43.1 Å². The minimum Gasteiger partial charge on any atom is -0.271 e. The predicted octanol–water partition coefficient (Wildman–Crippen LogP) is 3.58. The predicted molar refractivity (Wildman–Crippen MR) is 87.8 cm³/mol. The molecule has 0 radical (unpaired) electrons. The summed E-state index contributed by atoms with van der Waals surface area (Å²) >= 11 is 0. The summed E-state index contributed by atoms with van der Waals surface area (Å²) < 4.78 is 0. The van der Waals surface area contributed by atoms with Crippen LogP contribution in [0.2, 0.25) is 0 Å². The lowest BCUT2D eigenvalue weighted by Crippen LogP contribution is -2.49. The fourth-order valence-electron chi connectivity index (χ4n) is 3.77. The molecule has 1 saturated carbocycles. The Morgan fingerprint density at radius 2 is 1.95 bits per heavy atom. The van der Waals surface area contributed by atoms with Crippen molar-refractivity contribution in [2.24, 2.45) is 11.3 Å². The number of nitrogens with zero attached hydrogens (tertiary/aromatic N) is 1. The van der Waals surface area contributed by atoms with Crippen LogP contribution in [0, 0.1) is 5.41 Å². The maximum Gasteiger partial charge on any atom is 0.0704 e. The van der Waals surface area contributed by atoms with Crippen molar-refractivity contribution >= 4 is 10.9 Å². The number of fused-ring (bicyclic) bond motifs is 1. The van der Waals surface area contributed by atoms with E-state index in [2.05, 4.69) is 41.6 Å². The summed E-state index contributed by atoms with van der Waals surface area (Å²) in [4.78, 5) is 4.45. The van der Waals surface area contributed by atoms with Gasteiger partial charge in [0.05, 0.1) is 5.52 Å². The molecule has 1 atom stereocenters. The third kappa shape index (κ3) is 2.94. The molecule has 3 nitrogen and oxygen atoms in total. The summed E-state index contributed by atoms with van der Waals surface area (Å²) in [6.07, 6.45) is 9.43. The molecule has 3 rings (SSSR count). The van der Waals surface area contributed by atoms with Crippen molar-refractivity contribution < 1.29 is 0 Å². The number of para-hydroxylation sites is 1. The Bertz CT molecular complexity index is 597. The van der Waals surface area contributed by atoms with Gasteiger partial charge in [0.2, 0.25) is 0 Å². The Hall–Kier alpha value is -1.45. The van der Waals surface area contributed by atoms with E-state index < -0.39 is 0 Å². The number of hydrazine groups is 1. The molecule has 1 aliphatic carbocycles. The Morgan fingerprint density at radius 1 is 1.19 bits per heavy atom. The van der Waals surface area contributed by atoms with Crippen LogP contribution >= 0.6 is 0 Å². The lowest BCUT2D eigenvalue weighted by molar-refractivity contribution is 0.144. The Morgan fingerprint density at radius 3 is 2.71 bits per heavy atom. The van der Waals surface area contributed by atoms with Crippen molar-refractivity contribution in [2.45, 2.75) is 51.5 Å². The number of hydrogen-bond donors (Lipinski definition) is 2. The summed E-state index contributed by atoms with van der Waals surface area (Å²) in [7, 11) is 0. The Kier molecular flexibility index (Phi) is 4.22. The lowest BCUT2D eigenvalue weighted by atomic mass is 9.69. The minimum absolute atomic E-state index is 0.303. The largest absolute Gasteiger partial charge is 0.271 e. The maximum atomic E-state index is 5.92. The number of rotatable bonds is 4. The fraction of sp³-hybridized carbons (Fsp3) is 0.500. The first-order valence-corrected chi connectivity index (χ1v) is 8.02. The van der Waals surface area contributed by atoms with Crippen LogP contribution in [0.5, 0.6) is 0 Å². The monoisotopic (exact) mass is 283 g/mol. The summed E-state index contributed by atoms with van der Waals surface area (Å²) in [6.45, 7) is 2.39. The molecule has 0 spiro atoms. The van der Waals surface area contributed by atoms with Gasteiger partial charge in [0.25, 0.3) is 0 Å². The van der Waals surface area contributed by atoms with Gasteiger partial charge >= 0.3 is 0 Å². The average Bonchev–Trinajstić information content (AvgIpc) is 2.53. The van der Waals surface area contributed by atoms with Crippen molar-refractivity contribution in [1.82, 2.24) is 10.4 Å². The van der Waals surface area contributed by atoms with Gasteiger partial charge in [0.1, 0.15) is 0 Å². The summed E-state index contributed by atoms with van der Waals surface area (Å²) in [5, 5.41) is 1.25. The van der Waals surface area contributed by atoms with Gasteiger partial charge in [-0.25, -0.2) is 0 Å². The standard InChI is InChI=1S/C18H25N3/c1-18(10-5-2-6-11-18)17(21-19)13-14-9-12-20-16-8-4-3-7-15(14)16/h3-4,7-9,12,17,21H,2,5-6,10-11,13,19H2,1H3. The second-order valence-electron chi connectivity index (χ2n) is 6.63. The molecule has 3 heteroatoms. The smallest absolute Gasteiger partial charge is 0.0704 e. The summed E-state index contributed by atoms with van der Waals surface area (Å²) in [5.74, 6) is 5.92. The SMILES string of the molecule is CC1(C(Cc2ccnc3ccccc23)NN)CCCCC1. The molecule has 1 unspecified atom stereocenters. The highest BCUT2D eigenvalue weighted by Gasteiger charge is 2.35. The van der Waals surface area contributed by atoms with Crippen LogP contribution in [0.3, 0.4) is 0 Å². The Labute approximate surface area is 126 Å². The molecule has 1 heterocycles. The molecule has 0 saturated heterocycles. The number of benzene rings is 1. The van der Waals surface area contributed by atoms with Crippen LogP contribution in [-0.4, -0.2) is 11.0 Å². The van der Waals surface area contributed by atoms with E-state index >= 15 is 0 Å².